The fourth-order valence-electron chi connectivity index (χ4n) is 2.71. The SMILES string of the molecule is COc1cc(-c2cnn(C)c2)cn2ncc(-c3ccc(F)nc3)c12. The fraction of sp³-hybridized carbons (Fsp3) is 0.118. The van der Waals surface area contributed by atoms with Crippen molar-refractivity contribution in [2.24, 2.45) is 7.05 Å². The molecule has 4 aromatic rings. The third kappa shape index (κ3) is 2.30. The summed E-state index contributed by atoms with van der Waals surface area (Å²) in [7, 11) is 3.48. The quantitative estimate of drug-likeness (QED) is 0.544. The maximum absolute atomic E-state index is 13.1. The molecule has 4 rings (SSSR count). The van der Waals surface area contributed by atoms with Crippen molar-refractivity contribution in [1.29, 1.82) is 0 Å². The second kappa shape index (κ2) is 5.45. The van der Waals surface area contributed by atoms with Crippen molar-refractivity contribution in [2.45, 2.75) is 0 Å². The molecule has 6 nitrogen and oxygen atoms in total. The number of ether oxygens (including phenoxy) is 1. The van der Waals surface area contributed by atoms with Crippen LogP contribution in [0.4, 0.5) is 4.39 Å². The van der Waals surface area contributed by atoms with Crippen LogP contribution in [-0.4, -0.2) is 31.5 Å². The van der Waals surface area contributed by atoms with E-state index in [1.54, 1.807) is 34.8 Å². The standard InChI is InChI=1S/C17H14FN5O/c1-22-9-13(7-20-22)12-5-15(24-2)17-14(8-21-23(17)10-12)11-3-4-16(18)19-6-11/h3-10H,1-2H3. The minimum atomic E-state index is -0.513. The third-order valence-corrected chi connectivity index (χ3v) is 3.87. The average Bonchev–Trinajstić information content (AvgIpc) is 3.21. The Balaban J connectivity index is 1.91. The number of aryl methyl sites for hydroxylation is 1. The molecule has 4 aromatic heterocycles. The van der Waals surface area contributed by atoms with E-state index < -0.39 is 5.95 Å². The number of hydrogen-bond donors (Lipinski definition) is 0. The lowest BCUT2D eigenvalue weighted by molar-refractivity contribution is 0.418. The van der Waals surface area contributed by atoms with Crippen molar-refractivity contribution in [3.8, 4) is 28.0 Å². The molecule has 0 unspecified atom stereocenters. The monoisotopic (exact) mass is 323 g/mol. The van der Waals surface area contributed by atoms with Gasteiger partial charge in [-0.1, -0.05) is 0 Å². The van der Waals surface area contributed by atoms with E-state index in [1.807, 2.05) is 25.5 Å². The summed E-state index contributed by atoms with van der Waals surface area (Å²) in [5.74, 6) is 0.161. The maximum Gasteiger partial charge on any atom is 0.212 e. The van der Waals surface area contributed by atoms with Gasteiger partial charge in [-0.2, -0.15) is 14.6 Å². The van der Waals surface area contributed by atoms with Crippen LogP contribution in [0.3, 0.4) is 0 Å². The Morgan fingerprint density at radius 1 is 1.00 bits per heavy atom. The molecule has 0 bridgehead atoms. The summed E-state index contributed by atoms with van der Waals surface area (Å²) in [6.07, 6.45) is 8.83. The van der Waals surface area contributed by atoms with E-state index in [-0.39, 0.29) is 0 Å². The zero-order valence-corrected chi connectivity index (χ0v) is 13.1. The minimum absolute atomic E-state index is 0.513. The molecule has 0 aromatic carbocycles. The second-order valence-corrected chi connectivity index (χ2v) is 5.42. The number of methoxy groups -OCH3 is 1. The molecule has 0 spiro atoms. The molecule has 7 heteroatoms. The van der Waals surface area contributed by atoms with Gasteiger partial charge in [0.25, 0.3) is 0 Å². The summed E-state index contributed by atoms with van der Waals surface area (Å²) < 4.78 is 22.1. The highest BCUT2D eigenvalue weighted by molar-refractivity contribution is 5.86. The molecule has 0 atom stereocenters. The molecule has 24 heavy (non-hydrogen) atoms. The van der Waals surface area contributed by atoms with Crippen LogP contribution < -0.4 is 4.74 Å². The van der Waals surface area contributed by atoms with E-state index in [0.717, 1.165) is 27.8 Å². The maximum atomic E-state index is 13.1. The lowest BCUT2D eigenvalue weighted by atomic mass is 10.1. The highest BCUT2D eigenvalue weighted by Crippen LogP contribution is 2.34. The van der Waals surface area contributed by atoms with E-state index >= 15 is 0 Å². The highest BCUT2D eigenvalue weighted by atomic mass is 19.1. The van der Waals surface area contributed by atoms with Crippen LogP contribution in [0.2, 0.25) is 0 Å². The molecule has 0 aliphatic heterocycles. The second-order valence-electron chi connectivity index (χ2n) is 5.42. The van der Waals surface area contributed by atoms with Crippen LogP contribution in [0.5, 0.6) is 5.75 Å². The molecule has 0 N–H and O–H groups in total. The van der Waals surface area contributed by atoms with E-state index in [9.17, 15) is 4.39 Å². The summed E-state index contributed by atoms with van der Waals surface area (Å²) in [4.78, 5) is 3.71. The molecule has 0 amide bonds. The summed E-state index contributed by atoms with van der Waals surface area (Å²) in [5, 5.41) is 8.60. The Bertz CT molecular complexity index is 1020. The van der Waals surface area contributed by atoms with Crippen molar-refractivity contribution in [2.75, 3.05) is 7.11 Å². The third-order valence-electron chi connectivity index (χ3n) is 3.87. The first kappa shape index (κ1) is 14.4. The molecule has 0 saturated carbocycles. The summed E-state index contributed by atoms with van der Waals surface area (Å²) in [5.41, 5.74) is 4.33. The first-order valence-corrected chi connectivity index (χ1v) is 7.32. The minimum Gasteiger partial charge on any atom is -0.494 e. The molecule has 120 valence electrons. The average molecular weight is 323 g/mol. The number of rotatable bonds is 3. The van der Waals surface area contributed by atoms with Crippen LogP contribution in [0.1, 0.15) is 0 Å². The van der Waals surface area contributed by atoms with Gasteiger partial charge in [-0.15, -0.1) is 0 Å². The molecular formula is C17H14FN5O. The first-order valence-electron chi connectivity index (χ1n) is 7.32. The van der Waals surface area contributed by atoms with Crippen LogP contribution >= 0.6 is 0 Å². The number of nitrogens with zero attached hydrogens (tertiary/aromatic N) is 5. The van der Waals surface area contributed by atoms with Gasteiger partial charge < -0.3 is 4.74 Å². The van der Waals surface area contributed by atoms with E-state index in [1.165, 1.54) is 12.3 Å². The molecule has 0 fully saturated rings. The molecule has 0 aliphatic carbocycles. The molecular weight excluding hydrogens is 309 g/mol. The number of fused-ring (bicyclic) bond motifs is 1. The van der Waals surface area contributed by atoms with Gasteiger partial charge in [-0.3, -0.25) is 4.68 Å². The number of pyridine rings is 2. The Morgan fingerprint density at radius 2 is 1.88 bits per heavy atom. The van der Waals surface area contributed by atoms with Gasteiger partial charge in [0.2, 0.25) is 5.95 Å². The molecule has 0 saturated heterocycles. The van der Waals surface area contributed by atoms with Gasteiger partial charge in [0.15, 0.2) is 0 Å². The molecule has 4 heterocycles. The van der Waals surface area contributed by atoms with Gasteiger partial charge in [0.05, 0.1) is 19.5 Å². The van der Waals surface area contributed by atoms with Crippen LogP contribution in [0.25, 0.3) is 27.8 Å². The van der Waals surface area contributed by atoms with Gasteiger partial charge in [-0.25, -0.2) is 9.50 Å². The number of aromatic nitrogens is 5. The predicted molar refractivity (Wildman–Crippen MR) is 87.1 cm³/mol. The molecule has 0 radical (unpaired) electrons. The van der Waals surface area contributed by atoms with E-state index in [4.69, 9.17) is 4.74 Å². The normalized spacial score (nSPS) is 11.1. The van der Waals surface area contributed by atoms with Gasteiger partial charge in [0, 0.05) is 47.9 Å². The molecule has 0 aliphatic rings. The van der Waals surface area contributed by atoms with Crippen molar-refractivity contribution >= 4 is 5.52 Å². The Hall–Kier alpha value is -3.22. The Kier molecular flexibility index (Phi) is 3.26. The first-order chi connectivity index (χ1) is 11.7. The zero-order valence-electron chi connectivity index (χ0n) is 13.1. The number of hydrogen-bond acceptors (Lipinski definition) is 4. The number of halogens is 1. The summed E-state index contributed by atoms with van der Waals surface area (Å²) >= 11 is 0. The largest absolute Gasteiger partial charge is 0.494 e. The van der Waals surface area contributed by atoms with Crippen LogP contribution in [-0.2, 0) is 7.05 Å². The van der Waals surface area contributed by atoms with E-state index in [2.05, 4.69) is 15.2 Å². The fourth-order valence-corrected chi connectivity index (χ4v) is 2.71. The zero-order chi connectivity index (χ0) is 16.7. The summed E-state index contributed by atoms with van der Waals surface area (Å²) in [6, 6.07) is 4.94. The Labute approximate surface area is 137 Å². The predicted octanol–water partition coefficient (Wildman–Crippen LogP) is 2.94. The van der Waals surface area contributed by atoms with Crippen LogP contribution in [0, 0.1) is 5.95 Å². The van der Waals surface area contributed by atoms with Gasteiger partial charge in [0.1, 0.15) is 11.3 Å². The lowest BCUT2D eigenvalue weighted by Crippen LogP contribution is -1.94. The topological polar surface area (TPSA) is 57.2 Å². The van der Waals surface area contributed by atoms with Crippen molar-refractivity contribution < 1.29 is 9.13 Å². The lowest BCUT2D eigenvalue weighted by Gasteiger charge is -2.08. The van der Waals surface area contributed by atoms with Crippen molar-refractivity contribution in [3.05, 3.63) is 55.1 Å². The Morgan fingerprint density at radius 3 is 2.54 bits per heavy atom. The summed E-state index contributed by atoms with van der Waals surface area (Å²) in [6.45, 7) is 0. The smallest absolute Gasteiger partial charge is 0.212 e. The van der Waals surface area contributed by atoms with Crippen molar-refractivity contribution in [3.63, 3.8) is 0 Å². The van der Waals surface area contributed by atoms with Crippen LogP contribution in [0.15, 0.2) is 49.2 Å². The van der Waals surface area contributed by atoms with Crippen molar-refractivity contribution in [1.82, 2.24) is 24.4 Å². The van der Waals surface area contributed by atoms with Gasteiger partial charge >= 0.3 is 0 Å². The van der Waals surface area contributed by atoms with Gasteiger partial charge in [-0.05, 0) is 18.2 Å². The highest BCUT2D eigenvalue weighted by Gasteiger charge is 2.15. The van der Waals surface area contributed by atoms with E-state index in [0.29, 0.717) is 5.75 Å².